The smallest absolute Gasteiger partial charge is 0.223 e. The van der Waals surface area contributed by atoms with E-state index < -0.39 is 0 Å². The van der Waals surface area contributed by atoms with Crippen LogP contribution in [0, 0.1) is 5.92 Å². The van der Waals surface area contributed by atoms with Crippen molar-refractivity contribution in [3.05, 3.63) is 71.3 Å². The molecule has 4 rings (SSSR count). The van der Waals surface area contributed by atoms with Crippen molar-refractivity contribution >= 4 is 11.8 Å². The maximum Gasteiger partial charge on any atom is 0.223 e. The fourth-order valence-electron chi connectivity index (χ4n) is 4.81. The molecule has 2 aromatic carbocycles. The van der Waals surface area contributed by atoms with Crippen LogP contribution in [-0.2, 0) is 29.1 Å². The summed E-state index contributed by atoms with van der Waals surface area (Å²) in [6, 6.07) is 18.7. The zero-order chi connectivity index (χ0) is 23.8. The number of carbonyl (C=O) groups excluding carboxylic acids is 2. The molecule has 2 amide bonds. The lowest BCUT2D eigenvalue weighted by Crippen LogP contribution is -2.43. The molecule has 34 heavy (non-hydrogen) atoms. The number of piperazine rings is 1. The van der Waals surface area contributed by atoms with Crippen LogP contribution in [0.1, 0.15) is 36.0 Å². The Labute approximate surface area is 203 Å². The van der Waals surface area contributed by atoms with Crippen molar-refractivity contribution < 1.29 is 9.59 Å². The molecule has 2 saturated heterocycles. The minimum absolute atomic E-state index is 0.00493. The molecule has 0 atom stereocenters. The second-order valence-electron chi connectivity index (χ2n) is 9.75. The van der Waals surface area contributed by atoms with Gasteiger partial charge in [-0.2, -0.15) is 0 Å². The molecule has 0 aromatic heterocycles. The molecular formula is C28H38N4O2. The number of hydrogen-bond acceptors (Lipinski definition) is 4. The third-order valence-corrected chi connectivity index (χ3v) is 7.18. The number of nitrogens with one attached hydrogen (secondary N) is 1. The van der Waals surface area contributed by atoms with E-state index in [-0.39, 0.29) is 17.7 Å². The van der Waals surface area contributed by atoms with Gasteiger partial charge < -0.3 is 15.1 Å². The number of carbonyl (C=O) groups is 2. The van der Waals surface area contributed by atoms with Crippen LogP contribution in [-0.4, -0.2) is 72.8 Å². The summed E-state index contributed by atoms with van der Waals surface area (Å²) in [5.41, 5.74) is 3.64. The maximum atomic E-state index is 12.7. The Hall–Kier alpha value is -2.70. The number of amides is 2. The normalized spacial score (nSPS) is 18.1. The number of likely N-dealkylation sites (N-methyl/N-ethyl adjacent to an activating group) is 1. The summed E-state index contributed by atoms with van der Waals surface area (Å²) in [4.78, 5) is 32.0. The van der Waals surface area contributed by atoms with Gasteiger partial charge in [0.1, 0.15) is 0 Å². The van der Waals surface area contributed by atoms with Gasteiger partial charge in [-0.05, 0) is 43.0 Å². The summed E-state index contributed by atoms with van der Waals surface area (Å²) in [6.45, 7) is 7.39. The second kappa shape index (κ2) is 12.1. The zero-order valence-electron chi connectivity index (χ0n) is 20.4. The molecule has 0 bridgehead atoms. The fourth-order valence-corrected chi connectivity index (χ4v) is 4.81. The quantitative estimate of drug-likeness (QED) is 0.656. The van der Waals surface area contributed by atoms with E-state index in [4.69, 9.17) is 0 Å². The Morgan fingerprint density at radius 3 is 2.15 bits per heavy atom. The first-order chi connectivity index (χ1) is 16.6. The molecule has 0 unspecified atom stereocenters. The summed E-state index contributed by atoms with van der Waals surface area (Å²) in [6.07, 6.45) is 2.79. The summed E-state index contributed by atoms with van der Waals surface area (Å²) in [5, 5.41) is 3.11. The highest BCUT2D eigenvalue weighted by atomic mass is 16.2. The molecule has 0 spiro atoms. The first-order valence-electron chi connectivity index (χ1n) is 12.6. The molecule has 0 aliphatic carbocycles. The number of benzene rings is 2. The molecule has 2 aliphatic rings. The van der Waals surface area contributed by atoms with Crippen molar-refractivity contribution in [1.29, 1.82) is 0 Å². The van der Waals surface area contributed by atoms with Gasteiger partial charge in [0, 0.05) is 64.7 Å². The van der Waals surface area contributed by atoms with Crippen LogP contribution in [0.5, 0.6) is 0 Å². The molecule has 2 aromatic rings. The Morgan fingerprint density at radius 2 is 1.47 bits per heavy atom. The number of aryl methyl sites for hydroxylation is 1. The highest BCUT2D eigenvalue weighted by Crippen LogP contribution is 2.19. The van der Waals surface area contributed by atoms with E-state index in [0.717, 1.165) is 57.5 Å². The van der Waals surface area contributed by atoms with E-state index in [9.17, 15) is 9.59 Å². The van der Waals surface area contributed by atoms with Gasteiger partial charge >= 0.3 is 0 Å². The van der Waals surface area contributed by atoms with Crippen LogP contribution < -0.4 is 5.32 Å². The number of hydrogen-bond donors (Lipinski definition) is 1. The Morgan fingerprint density at radius 1 is 0.824 bits per heavy atom. The van der Waals surface area contributed by atoms with Gasteiger partial charge in [0.25, 0.3) is 0 Å². The van der Waals surface area contributed by atoms with Crippen molar-refractivity contribution in [3.8, 4) is 0 Å². The van der Waals surface area contributed by atoms with Crippen LogP contribution in [0.2, 0.25) is 0 Å². The van der Waals surface area contributed by atoms with Crippen LogP contribution in [0.4, 0.5) is 0 Å². The van der Waals surface area contributed by atoms with E-state index in [2.05, 4.69) is 58.6 Å². The molecule has 2 fully saturated rings. The molecule has 1 N–H and O–H groups in total. The lowest BCUT2D eigenvalue weighted by Gasteiger charge is -2.32. The number of nitrogens with zero attached hydrogens (tertiary/aromatic N) is 3. The van der Waals surface area contributed by atoms with Gasteiger partial charge in [0.15, 0.2) is 0 Å². The van der Waals surface area contributed by atoms with Gasteiger partial charge in [-0.25, -0.2) is 0 Å². The highest BCUT2D eigenvalue weighted by molar-refractivity contribution is 5.80. The van der Waals surface area contributed by atoms with E-state index in [1.165, 1.54) is 11.1 Å². The Balaban J connectivity index is 1.15. The first-order valence-corrected chi connectivity index (χ1v) is 12.6. The first kappa shape index (κ1) is 24.4. The van der Waals surface area contributed by atoms with Crippen molar-refractivity contribution in [3.63, 3.8) is 0 Å². The van der Waals surface area contributed by atoms with Gasteiger partial charge in [0.2, 0.25) is 11.8 Å². The Kier molecular flexibility index (Phi) is 8.72. The predicted molar refractivity (Wildman–Crippen MR) is 135 cm³/mol. The van der Waals surface area contributed by atoms with Gasteiger partial charge in [-0.15, -0.1) is 0 Å². The second-order valence-corrected chi connectivity index (χ2v) is 9.75. The minimum atomic E-state index is -0.00493. The van der Waals surface area contributed by atoms with Crippen molar-refractivity contribution in [1.82, 2.24) is 20.0 Å². The maximum absolute atomic E-state index is 12.7. The van der Waals surface area contributed by atoms with Crippen LogP contribution in [0.3, 0.4) is 0 Å². The van der Waals surface area contributed by atoms with Crippen molar-refractivity contribution in [2.24, 2.45) is 5.92 Å². The SMILES string of the molecule is CN1CCN(Cc2ccc(CNC(=O)C3CCN(C(=O)CCc4ccccc4)CC3)cc2)CC1. The average molecular weight is 463 g/mol. The third kappa shape index (κ3) is 7.15. The average Bonchev–Trinajstić information content (AvgIpc) is 2.89. The topological polar surface area (TPSA) is 55.9 Å². The molecule has 2 heterocycles. The lowest BCUT2D eigenvalue weighted by molar-refractivity contribution is -0.135. The molecule has 2 aliphatic heterocycles. The summed E-state index contributed by atoms with van der Waals surface area (Å²) >= 11 is 0. The van der Waals surface area contributed by atoms with Gasteiger partial charge in [0.05, 0.1) is 0 Å². The molecule has 182 valence electrons. The van der Waals surface area contributed by atoms with Crippen molar-refractivity contribution in [2.45, 2.75) is 38.8 Å². The number of likely N-dealkylation sites (tertiary alicyclic amines) is 1. The fraction of sp³-hybridized carbons (Fsp3) is 0.500. The van der Waals surface area contributed by atoms with E-state index in [0.29, 0.717) is 26.1 Å². The van der Waals surface area contributed by atoms with Crippen LogP contribution in [0.15, 0.2) is 54.6 Å². The standard InChI is InChI=1S/C28H38N4O2/c1-30-17-19-31(20-18-30)22-25-9-7-24(8-10-25)21-29-28(34)26-13-15-32(16-14-26)27(33)12-11-23-5-3-2-4-6-23/h2-10,26H,11-22H2,1H3,(H,29,34). The monoisotopic (exact) mass is 462 g/mol. The van der Waals surface area contributed by atoms with Gasteiger partial charge in [-0.1, -0.05) is 54.6 Å². The molecule has 6 nitrogen and oxygen atoms in total. The summed E-state index contributed by atoms with van der Waals surface area (Å²) < 4.78 is 0. The number of rotatable bonds is 8. The van der Waals surface area contributed by atoms with E-state index in [1.807, 2.05) is 23.1 Å². The third-order valence-electron chi connectivity index (χ3n) is 7.18. The van der Waals surface area contributed by atoms with Crippen molar-refractivity contribution in [2.75, 3.05) is 46.3 Å². The minimum Gasteiger partial charge on any atom is -0.352 e. The zero-order valence-corrected chi connectivity index (χ0v) is 20.4. The largest absolute Gasteiger partial charge is 0.352 e. The van der Waals surface area contributed by atoms with E-state index in [1.54, 1.807) is 0 Å². The molecule has 6 heteroatoms. The van der Waals surface area contributed by atoms with Gasteiger partial charge in [-0.3, -0.25) is 14.5 Å². The molecule has 0 saturated carbocycles. The lowest BCUT2D eigenvalue weighted by atomic mass is 9.95. The summed E-state index contributed by atoms with van der Waals surface area (Å²) in [7, 11) is 2.18. The van der Waals surface area contributed by atoms with Crippen LogP contribution in [0.25, 0.3) is 0 Å². The Bertz CT molecular complexity index is 915. The highest BCUT2D eigenvalue weighted by Gasteiger charge is 2.27. The molecular weight excluding hydrogens is 424 g/mol. The molecule has 0 radical (unpaired) electrons. The predicted octanol–water partition coefficient (Wildman–Crippen LogP) is 2.92. The summed E-state index contributed by atoms with van der Waals surface area (Å²) in [5.74, 6) is 0.298. The van der Waals surface area contributed by atoms with Crippen LogP contribution >= 0.6 is 0 Å². The number of piperidine rings is 1. The van der Waals surface area contributed by atoms with E-state index >= 15 is 0 Å².